The fourth-order valence-corrected chi connectivity index (χ4v) is 2.62. The Labute approximate surface area is 138 Å². The Morgan fingerprint density at radius 3 is 2.58 bits per heavy atom. The maximum atomic E-state index is 12.7. The summed E-state index contributed by atoms with van der Waals surface area (Å²) in [5.41, 5.74) is -0.514. The van der Waals surface area contributed by atoms with Crippen LogP contribution in [0.3, 0.4) is 0 Å². The lowest BCUT2D eigenvalue weighted by atomic mass is 9.92. The average Bonchev–Trinajstić information content (AvgIpc) is 3.05. The summed E-state index contributed by atoms with van der Waals surface area (Å²) in [6, 6.07) is 9.95. The third-order valence-corrected chi connectivity index (χ3v) is 3.91. The van der Waals surface area contributed by atoms with Crippen molar-refractivity contribution >= 4 is 23.7 Å². The van der Waals surface area contributed by atoms with Gasteiger partial charge in [-0.25, -0.2) is 4.79 Å². The van der Waals surface area contributed by atoms with E-state index in [0.717, 1.165) is 4.90 Å². The van der Waals surface area contributed by atoms with Crippen molar-refractivity contribution in [2.24, 2.45) is 7.05 Å². The van der Waals surface area contributed by atoms with E-state index in [0.29, 0.717) is 11.4 Å². The van der Waals surface area contributed by atoms with E-state index in [1.165, 1.54) is 4.68 Å². The SMILES string of the molecule is Cn1ccc(NC(=O)CN2C(=O)NC(C)(c3ccccc3)C2=O)n1. The molecule has 1 unspecified atom stereocenters. The Morgan fingerprint density at radius 1 is 1.25 bits per heavy atom. The van der Waals surface area contributed by atoms with Crippen LogP contribution in [0.15, 0.2) is 42.6 Å². The maximum Gasteiger partial charge on any atom is 0.325 e. The molecule has 2 aromatic rings. The van der Waals surface area contributed by atoms with Crippen LogP contribution in [0.4, 0.5) is 10.6 Å². The quantitative estimate of drug-likeness (QED) is 0.813. The first kappa shape index (κ1) is 15.7. The van der Waals surface area contributed by atoms with Crippen LogP contribution >= 0.6 is 0 Å². The van der Waals surface area contributed by atoms with Gasteiger partial charge in [0.15, 0.2) is 5.82 Å². The zero-order valence-electron chi connectivity index (χ0n) is 13.3. The number of anilines is 1. The van der Waals surface area contributed by atoms with E-state index in [1.54, 1.807) is 50.5 Å². The first-order valence-corrected chi connectivity index (χ1v) is 7.39. The molecule has 0 bridgehead atoms. The van der Waals surface area contributed by atoms with Gasteiger partial charge in [0.05, 0.1) is 0 Å². The second-order valence-electron chi connectivity index (χ2n) is 5.74. The highest BCUT2D eigenvalue weighted by atomic mass is 16.2. The summed E-state index contributed by atoms with van der Waals surface area (Å²) in [7, 11) is 1.72. The Morgan fingerprint density at radius 2 is 1.96 bits per heavy atom. The molecule has 0 radical (unpaired) electrons. The van der Waals surface area contributed by atoms with Crippen LogP contribution in [-0.2, 0) is 22.2 Å². The summed E-state index contributed by atoms with van der Waals surface area (Å²) < 4.78 is 1.54. The van der Waals surface area contributed by atoms with Crippen LogP contribution < -0.4 is 10.6 Å². The van der Waals surface area contributed by atoms with E-state index < -0.39 is 23.4 Å². The van der Waals surface area contributed by atoms with Gasteiger partial charge in [-0.15, -0.1) is 0 Å². The Hall–Kier alpha value is -3.16. The maximum absolute atomic E-state index is 12.7. The van der Waals surface area contributed by atoms with Crippen molar-refractivity contribution in [3.8, 4) is 0 Å². The molecule has 2 N–H and O–H groups in total. The Bertz CT molecular complexity index is 801. The van der Waals surface area contributed by atoms with E-state index in [1.807, 2.05) is 6.07 Å². The molecule has 3 rings (SSSR count). The molecule has 8 nitrogen and oxygen atoms in total. The number of carbonyl (C=O) groups is 3. The molecule has 1 aliphatic rings. The number of amides is 4. The van der Waals surface area contributed by atoms with Crippen molar-refractivity contribution in [1.82, 2.24) is 20.0 Å². The molecule has 1 saturated heterocycles. The number of imide groups is 1. The summed E-state index contributed by atoms with van der Waals surface area (Å²) in [6.07, 6.45) is 1.68. The van der Waals surface area contributed by atoms with Crippen LogP contribution in [0.1, 0.15) is 12.5 Å². The zero-order chi connectivity index (χ0) is 17.3. The molecule has 1 aromatic carbocycles. The van der Waals surface area contributed by atoms with Gasteiger partial charge < -0.3 is 10.6 Å². The number of rotatable bonds is 4. The number of urea groups is 1. The minimum Gasteiger partial charge on any atom is -0.319 e. The third kappa shape index (κ3) is 2.73. The molecular formula is C16H17N5O3. The van der Waals surface area contributed by atoms with Crippen molar-refractivity contribution in [3.63, 3.8) is 0 Å². The topological polar surface area (TPSA) is 96.3 Å². The van der Waals surface area contributed by atoms with Gasteiger partial charge in [-0.2, -0.15) is 5.10 Å². The van der Waals surface area contributed by atoms with E-state index in [-0.39, 0.29) is 6.54 Å². The number of aromatic nitrogens is 2. The molecule has 0 saturated carbocycles. The summed E-state index contributed by atoms with van der Waals surface area (Å²) in [5.74, 6) is -0.593. The van der Waals surface area contributed by atoms with Gasteiger partial charge in [-0.1, -0.05) is 30.3 Å². The normalized spacial score (nSPS) is 20.2. The number of aryl methyl sites for hydroxylation is 1. The molecule has 8 heteroatoms. The monoisotopic (exact) mass is 327 g/mol. The first-order valence-electron chi connectivity index (χ1n) is 7.39. The second kappa shape index (κ2) is 5.80. The van der Waals surface area contributed by atoms with Crippen molar-refractivity contribution in [1.29, 1.82) is 0 Å². The minimum atomic E-state index is -1.18. The second-order valence-corrected chi connectivity index (χ2v) is 5.74. The van der Waals surface area contributed by atoms with Crippen LogP contribution in [-0.4, -0.2) is 39.1 Å². The van der Waals surface area contributed by atoms with Crippen molar-refractivity contribution in [2.75, 3.05) is 11.9 Å². The van der Waals surface area contributed by atoms with Gasteiger partial charge in [-0.05, 0) is 12.5 Å². The van der Waals surface area contributed by atoms with Crippen molar-refractivity contribution in [3.05, 3.63) is 48.2 Å². The van der Waals surface area contributed by atoms with E-state index in [2.05, 4.69) is 15.7 Å². The molecule has 1 aliphatic heterocycles. The number of carbonyl (C=O) groups excluding carboxylic acids is 3. The average molecular weight is 327 g/mol. The van der Waals surface area contributed by atoms with Gasteiger partial charge >= 0.3 is 6.03 Å². The van der Waals surface area contributed by atoms with Gasteiger partial charge in [0.25, 0.3) is 5.91 Å². The predicted molar refractivity (Wildman–Crippen MR) is 85.9 cm³/mol. The highest BCUT2D eigenvalue weighted by molar-refractivity contribution is 6.10. The molecule has 0 spiro atoms. The summed E-state index contributed by atoms with van der Waals surface area (Å²) >= 11 is 0. The fourth-order valence-electron chi connectivity index (χ4n) is 2.62. The van der Waals surface area contributed by atoms with Crippen molar-refractivity contribution < 1.29 is 14.4 Å². The van der Waals surface area contributed by atoms with E-state index in [4.69, 9.17) is 0 Å². The molecule has 24 heavy (non-hydrogen) atoms. The first-order chi connectivity index (χ1) is 11.4. The van der Waals surface area contributed by atoms with E-state index >= 15 is 0 Å². The number of benzene rings is 1. The van der Waals surface area contributed by atoms with Gasteiger partial charge in [0.2, 0.25) is 5.91 Å². The molecule has 2 heterocycles. The van der Waals surface area contributed by atoms with E-state index in [9.17, 15) is 14.4 Å². The summed E-state index contributed by atoms with van der Waals surface area (Å²) in [4.78, 5) is 37.8. The summed E-state index contributed by atoms with van der Waals surface area (Å²) in [6.45, 7) is 1.25. The molecule has 4 amide bonds. The third-order valence-electron chi connectivity index (χ3n) is 3.91. The lowest BCUT2D eigenvalue weighted by molar-refractivity contribution is -0.133. The minimum absolute atomic E-state index is 0.361. The van der Waals surface area contributed by atoms with Crippen LogP contribution in [0, 0.1) is 0 Å². The van der Waals surface area contributed by atoms with Gasteiger partial charge in [-0.3, -0.25) is 19.2 Å². The highest BCUT2D eigenvalue weighted by Crippen LogP contribution is 2.28. The van der Waals surface area contributed by atoms with Crippen molar-refractivity contribution in [2.45, 2.75) is 12.5 Å². The Balaban J connectivity index is 1.74. The Kier molecular flexibility index (Phi) is 3.80. The lowest BCUT2D eigenvalue weighted by Gasteiger charge is -2.22. The van der Waals surface area contributed by atoms with Crippen LogP contribution in [0.25, 0.3) is 0 Å². The number of hydrogen-bond donors (Lipinski definition) is 2. The highest BCUT2D eigenvalue weighted by Gasteiger charge is 2.49. The summed E-state index contributed by atoms with van der Waals surface area (Å²) in [5, 5.41) is 9.23. The number of hydrogen-bond acceptors (Lipinski definition) is 4. The molecule has 1 atom stereocenters. The zero-order valence-corrected chi connectivity index (χ0v) is 13.3. The number of nitrogens with one attached hydrogen (secondary N) is 2. The lowest BCUT2D eigenvalue weighted by Crippen LogP contribution is -2.42. The van der Waals surface area contributed by atoms with Gasteiger partial charge in [0.1, 0.15) is 12.1 Å². The molecule has 0 aliphatic carbocycles. The largest absolute Gasteiger partial charge is 0.325 e. The van der Waals surface area contributed by atoms with Crippen LogP contribution in [0.2, 0.25) is 0 Å². The predicted octanol–water partition coefficient (Wildman–Crippen LogP) is 0.826. The molecule has 124 valence electrons. The molecule has 1 aromatic heterocycles. The van der Waals surface area contributed by atoms with Crippen LogP contribution in [0.5, 0.6) is 0 Å². The molecular weight excluding hydrogens is 310 g/mol. The standard InChI is InChI=1S/C16H17N5O3/c1-16(11-6-4-3-5-7-11)14(23)21(15(24)18-16)10-13(22)17-12-8-9-20(2)19-12/h3-9H,10H2,1-2H3,(H,18,24)(H,17,19,22). The molecule has 1 fully saturated rings. The number of nitrogens with zero attached hydrogens (tertiary/aromatic N) is 3. The fraction of sp³-hybridized carbons (Fsp3) is 0.250. The van der Waals surface area contributed by atoms with Gasteiger partial charge in [0, 0.05) is 19.3 Å². The smallest absolute Gasteiger partial charge is 0.319 e.